The van der Waals surface area contributed by atoms with Gasteiger partial charge in [-0.05, 0) is 68.3 Å². The van der Waals surface area contributed by atoms with Gasteiger partial charge in [-0.15, -0.1) is 0 Å². The zero-order chi connectivity index (χ0) is 24.5. The van der Waals surface area contributed by atoms with E-state index in [1.807, 2.05) is 18.2 Å². The number of ketones is 1. The molecule has 0 atom stereocenters. The molecule has 2 heterocycles. The number of nitrogens with one attached hydrogen (secondary N) is 1. The van der Waals surface area contributed by atoms with E-state index in [0.717, 1.165) is 29.0 Å². The number of pyridine rings is 1. The number of nitrogens with zero attached hydrogens (tertiary/aromatic N) is 2. The average molecular weight is 496 g/mol. The predicted octanol–water partition coefficient (Wildman–Crippen LogP) is 6.05. The number of carbonyl (C=O) groups is 2. The third-order valence-corrected chi connectivity index (χ3v) is 6.04. The summed E-state index contributed by atoms with van der Waals surface area (Å²) in [5, 5.41) is 3.11. The van der Waals surface area contributed by atoms with Crippen molar-refractivity contribution in [1.82, 2.24) is 4.98 Å². The van der Waals surface area contributed by atoms with Crippen LogP contribution in [0.3, 0.4) is 0 Å². The Morgan fingerprint density at radius 3 is 2.53 bits per heavy atom. The Morgan fingerprint density at radius 2 is 1.82 bits per heavy atom. The Balaban J connectivity index is 1.50. The Hall–Kier alpha value is -3.22. The van der Waals surface area contributed by atoms with Crippen LogP contribution in [0.5, 0.6) is 5.75 Å². The number of aliphatic imine (C=N–C) groups is 1. The van der Waals surface area contributed by atoms with Crippen LogP contribution in [0.2, 0.25) is 10.2 Å². The van der Waals surface area contributed by atoms with Gasteiger partial charge in [-0.3, -0.25) is 14.6 Å². The third-order valence-electron chi connectivity index (χ3n) is 5.53. The van der Waals surface area contributed by atoms with Crippen molar-refractivity contribution in [2.75, 3.05) is 12.4 Å². The zero-order valence-corrected chi connectivity index (χ0v) is 20.5. The monoisotopic (exact) mass is 495 g/mol. The van der Waals surface area contributed by atoms with Crippen molar-refractivity contribution >= 4 is 46.3 Å². The van der Waals surface area contributed by atoms with Crippen LogP contribution in [-0.2, 0) is 6.42 Å². The SMILES string of the molecule is COc1ccc2c(c1)C(CC(=O)c1ccc(NC(=O)c3cc(Cl)cnc3Cl)cc1)=NC(C)(C)C2. The van der Waals surface area contributed by atoms with Crippen LogP contribution < -0.4 is 10.1 Å². The number of anilines is 1. The molecule has 4 rings (SSSR count). The topological polar surface area (TPSA) is 80.6 Å². The van der Waals surface area contributed by atoms with Crippen molar-refractivity contribution in [3.05, 3.63) is 87.2 Å². The lowest BCUT2D eigenvalue weighted by molar-refractivity contribution is 0.0998. The van der Waals surface area contributed by atoms with E-state index in [9.17, 15) is 9.59 Å². The van der Waals surface area contributed by atoms with Gasteiger partial charge in [-0.25, -0.2) is 4.98 Å². The Bertz CT molecular complexity index is 1300. The normalized spacial score (nSPS) is 14.1. The molecule has 2 aromatic carbocycles. The molecule has 3 aromatic rings. The van der Waals surface area contributed by atoms with Gasteiger partial charge >= 0.3 is 0 Å². The highest BCUT2D eigenvalue weighted by molar-refractivity contribution is 6.35. The van der Waals surface area contributed by atoms with Crippen LogP contribution in [-0.4, -0.2) is 35.0 Å². The van der Waals surface area contributed by atoms with E-state index < -0.39 is 5.91 Å². The van der Waals surface area contributed by atoms with Crippen LogP contribution in [0.1, 0.15) is 52.1 Å². The minimum atomic E-state index is -0.441. The van der Waals surface area contributed by atoms with Crippen molar-refractivity contribution < 1.29 is 14.3 Å². The van der Waals surface area contributed by atoms with Gasteiger partial charge in [0, 0.05) is 23.0 Å². The van der Waals surface area contributed by atoms with Crippen molar-refractivity contribution in [3.8, 4) is 5.75 Å². The van der Waals surface area contributed by atoms with E-state index in [1.54, 1.807) is 31.4 Å². The van der Waals surface area contributed by atoms with E-state index in [-0.39, 0.29) is 28.5 Å². The molecular weight excluding hydrogens is 473 g/mol. The van der Waals surface area contributed by atoms with Gasteiger partial charge in [0.15, 0.2) is 5.78 Å². The first-order valence-electron chi connectivity index (χ1n) is 10.7. The van der Waals surface area contributed by atoms with E-state index in [1.165, 1.54) is 12.3 Å². The first-order chi connectivity index (χ1) is 16.1. The quantitative estimate of drug-likeness (QED) is 0.333. The number of hydrogen-bond donors (Lipinski definition) is 1. The maximum atomic E-state index is 13.1. The van der Waals surface area contributed by atoms with Crippen molar-refractivity contribution in [2.24, 2.45) is 4.99 Å². The smallest absolute Gasteiger partial charge is 0.258 e. The molecule has 0 radical (unpaired) electrons. The third kappa shape index (κ3) is 5.29. The summed E-state index contributed by atoms with van der Waals surface area (Å²) in [6, 6.07) is 14.0. The van der Waals surface area contributed by atoms with Crippen LogP contribution in [0.15, 0.2) is 59.7 Å². The molecule has 6 nitrogen and oxygen atoms in total. The fourth-order valence-electron chi connectivity index (χ4n) is 3.95. The molecular formula is C26H23Cl2N3O3. The second-order valence-corrected chi connectivity index (χ2v) is 9.49. The molecule has 1 amide bonds. The van der Waals surface area contributed by atoms with Gasteiger partial charge in [-0.2, -0.15) is 0 Å². The molecule has 0 spiro atoms. The largest absolute Gasteiger partial charge is 0.497 e. The fraction of sp³-hybridized carbons (Fsp3) is 0.231. The number of fused-ring (bicyclic) bond motifs is 1. The summed E-state index contributed by atoms with van der Waals surface area (Å²) in [5.41, 5.74) is 3.76. The summed E-state index contributed by atoms with van der Waals surface area (Å²) >= 11 is 11.9. The molecule has 1 aromatic heterocycles. The molecule has 0 unspecified atom stereocenters. The molecule has 0 fully saturated rings. The van der Waals surface area contributed by atoms with E-state index in [0.29, 0.717) is 16.3 Å². The summed E-state index contributed by atoms with van der Waals surface area (Å²) in [5.74, 6) is 0.224. The number of ether oxygens (including phenoxy) is 1. The van der Waals surface area contributed by atoms with Crippen LogP contribution in [0, 0.1) is 0 Å². The maximum absolute atomic E-state index is 13.1. The molecule has 174 valence electrons. The van der Waals surface area contributed by atoms with Gasteiger partial charge in [0.25, 0.3) is 5.91 Å². The molecule has 34 heavy (non-hydrogen) atoms. The number of aromatic nitrogens is 1. The fourth-order valence-corrected chi connectivity index (χ4v) is 4.29. The Kier molecular flexibility index (Phi) is 6.73. The summed E-state index contributed by atoms with van der Waals surface area (Å²) in [6.07, 6.45) is 2.33. The van der Waals surface area contributed by atoms with Crippen LogP contribution in [0.25, 0.3) is 0 Å². The van der Waals surface area contributed by atoms with Gasteiger partial charge < -0.3 is 10.1 Å². The van der Waals surface area contributed by atoms with Crippen molar-refractivity contribution in [1.29, 1.82) is 0 Å². The summed E-state index contributed by atoms with van der Waals surface area (Å²) in [6.45, 7) is 4.12. The standard InChI is InChI=1S/C26H23Cl2N3O3/c1-26(2)13-16-6-9-19(34-3)11-20(16)22(31-26)12-23(32)15-4-7-18(8-5-15)30-25(33)21-10-17(27)14-29-24(21)28/h4-11,14H,12-13H2,1-3H3,(H,30,33). The molecule has 0 saturated carbocycles. The molecule has 0 aliphatic carbocycles. The number of hydrogen-bond acceptors (Lipinski definition) is 5. The number of amides is 1. The lowest BCUT2D eigenvalue weighted by atomic mass is 9.85. The second-order valence-electron chi connectivity index (χ2n) is 8.69. The lowest BCUT2D eigenvalue weighted by Gasteiger charge is -2.29. The van der Waals surface area contributed by atoms with E-state index in [4.69, 9.17) is 32.9 Å². The summed E-state index contributed by atoms with van der Waals surface area (Å²) in [7, 11) is 1.62. The number of rotatable bonds is 6. The number of benzene rings is 2. The van der Waals surface area contributed by atoms with E-state index >= 15 is 0 Å². The molecule has 1 N–H and O–H groups in total. The number of methoxy groups -OCH3 is 1. The zero-order valence-electron chi connectivity index (χ0n) is 19.0. The summed E-state index contributed by atoms with van der Waals surface area (Å²) in [4.78, 5) is 34.3. The molecule has 8 heteroatoms. The van der Waals surface area contributed by atoms with Gasteiger partial charge in [0.1, 0.15) is 10.9 Å². The number of carbonyl (C=O) groups excluding carboxylic acids is 2. The molecule has 1 aliphatic heterocycles. The predicted molar refractivity (Wildman–Crippen MR) is 135 cm³/mol. The van der Waals surface area contributed by atoms with E-state index in [2.05, 4.69) is 24.1 Å². The van der Waals surface area contributed by atoms with Crippen molar-refractivity contribution in [2.45, 2.75) is 32.2 Å². The highest BCUT2D eigenvalue weighted by Crippen LogP contribution is 2.31. The average Bonchev–Trinajstić information content (AvgIpc) is 2.80. The highest BCUT2D eigenvalue weighted by Gasteiger charge is 2.28. The minimum Gasteiger partial charge on any atom is -0.497 e. The Labute approximate surface area is 208 Å². The number of halogens is 2. The van der Waals surface area contributed by atoms with Crippen LogP contribution >= 0.6 is 23.2 Å². The molecule has 0 bridgehead atoms. The van der Waals surface area contributed by atoms with Gasteiger partial charge in [-0.1, -0.05) is 29.3 Å². The first-order valence-corrected chi connectivity index (χ1v) is 11.4. The molecule has 0 saturated heterocycles. The number of Topliss-reactive ketones (excluding diaryl/α,β-unsaturated/α-hetero) is 1. The van der Waals surface area contributed by atoms with Gasteiger partial charge in [0.05, 0.1) is 35.4 Å². The lowest BCUT2D eigenvalue weighted by Crippen LogP contribution is -2.30. The molecule has 1 aliphatic rings. The Morgan fingerprint density at radius 1 is 1.09 bits per heavy atom. The van der Waals surface area contributed by atoms with Gasteiger partial charge in [0.2, 0.25) is 0 Å². The first kappa shape index (κ1) is 23.9. The summed E-state index contributed by atoms with van der Waals surface area (Å²) < 4.78 is 5.37. The maximum Gasteiger partial charge on any atom is 0.258 e. The minimum absolute atomic E-state index is 0.0572. The van der Waals surface area contributed by atoms with Crippen LogP contribution in [0.4, 0.5) is 5.69 Å². The highest BCUT2D eigenvalue weighted by atomic mass is 35.5. The second kappa shape index (κ2) is 9.57. The van der Waals surface area contributed by atoms with Crippen molar-refractivity contribution in [3.63, 3.8) is 0 Å².